The molecule has 238 valence electrons. The van der Waals surface area contributed by atoms with E-state index in [1.165, 1.54) is 22.3 Å². The second-order valence-corrected chi connectivity index (χ2v) is 13.6. The molecule has 0 saturated carbocycles. The van der Waals surface area contributed by atoms with Gasteiger partial charge in [0.25, 0.3) is 0 Å². The molecule has 1 aliphatic heterocycles. The van der Waals surface area contributed by atoms with E-state index in [0.717, 1.165) is 38.3 Å². The Labute approximate surface area is 296 Å². The number of hydrogen-bond donors (Lipinski definition) is 0. The van der Waals surface area contributed by atoms with E-state index >= 15 is 0 Å². The van der Waals surface area contributed by atoms with Crippen molar-refractivity contribution in [2.24, 2.45) is 0 Å². The summed E-state index contributed by atoms with van der Waals surface area (Å²) in [5.41, 5.74) is 11.7. The summed E-state index contributed by atoms with van der Waals surface area (Å²) in [5.74, 6) is 0. The number of rotatable bonds is 8. The van der Waals surface area contributed by atoms with Gasteiger partial charge in [0.15, 0.2) is 0 Å². The molecule has 0 aliphatic carbocycles. The van der Waals surface area contributed by atoms with Gasteiger partial charge in [-0.2, -0.15) is 0 Å². The van der Waals surface area contributed by atoms with E-state index in [2.05, 4.69) is 224 Å². The Hall–Kier alpha value is -4.79. The van der Waals surface area contributed by atoms with Crippen LogP contribution in [0.1, 0.15) is 22.3 Å². The minimum absolute atomic E-state index is 0.201. The van der Waals surface area contributed by atoms with Gasteiger partial charge in [-0.05, 0) is 0 Å². The first-order chi connectivity index (χ1) is 23.4. The quantitative estimate of drug-likeness (QED) is 0.142. The predicted molar refractivity (Wildman–Crippen MR) is 203 cm³/mol. The van der Waals surface area contributed by atoms with Gasteiger partial charge in [-0.3, -0.25) is 0 Å². The van der Waals surface area contributed by atoms with Crippen LogP contribution in [0.4, 0.5) is 34.1 Å². The molecule has 1 saturated heterocycles. The molecule has 6 aromatic carbocycles. The minimum atomic E-state index is -0.201. The first kappa shape index (κ1) is 31.8. The van der Waals surface area contributed by atoms with Crippen LogP contribution < -0.4 is 19.2 Å². The Morgan fingerprint density at radius 1 is 0.375 bits per heavy atom. The van der Waals surface area contributed by atoms with Crippen LogP contribution in [-0.2, 0) is 19.4 Å². The molecular weight excluding hydrogens is 765 g/mol. The molecule has 0 bridgehead atoms. The van der Waals surface area contributed by atoms with Gasteiger partial charge in [0.1, 0.15) is 0 Å². The van der Waals surface area contributed by atoms with Gasteiger partial charge < -0.3 is 0 Å². The number of benzene rings is 6. The number of aryl methyl sites for hydroxylation is 4. The van der Waals surface area contributed by atoms with Crippen molar-refractivity contribution in [1.82, 2.24) is 0 Å². The zero-order valence-electron chi connectivity index (χ0n) is 27.8. The Bertz CT molecular complexity index is 1750. The fourth-order valence-corrected chi connectivity index (χ4v) is 7.68. The van der Waals surface area contributed by atoms with Crippen molar-refractivity contribution in [3.05, 3.63) is 180 Å². The zero-order valence-corrected chi connectivity index (χ0v) is 30.0. The Morgan fingerprint density at radius 3 is 0.875 bits per heavy atom. The third kappa shape index (κ3) is 6.25. The monoisotopic (exact) mass is 803 g/mol. The van der Waals surface area contributed by atoms with E-state index in [4.69, 9.17) is 0 Å². The van der Waals surface area contributed by atoms with Crippen molar-refractivity contribution >= 4 is 52.0 Å². The summed E-state index contributed by atoms with van der Waals surface area (Å²) >= 11 is 2.55. The van der Waals surface area contributed by atoms with Crippen LogP contribution in [0.3, 0.4) is 0 Å². The second-order valence-electron chi connectivity index (χ2n) is 12.6. The van der Waals surface area contributed by atoms with Gasteiger partial charge in [0, 0.05) is 0 Å². The molecule has 0 unspecified atom stereocenters. The summed E-state index contributed by atoms with van der Waals surface area (Å²) in [4.78, 5) is 10.1. The van der Waals surface area contributed by atoms with Crippen molar-refractivity contribution in [2.45, 2.75) is 27.7 Å². The van der Waals surface area contributed by atoms with Crippen molar-refractivity contribution < 1.29 is 19.4 Å². The van der Waals surface area contributed by atoms with E-state index in [0.29, 0.717) is 0 Å². The summed E-state index contributed by atoms with van der Waals surface area (Å²) in [5, 5.41) is 0. The predicted octanol–water partition coefficient (Wildman–Crippen LogP) is 9.61. The van der Waals surface area contributed by atoms with E-state index in [1.54, 1.807) is 0 Å². The second kappa shape index (κ2) is 13.7. The van der Waals surface area contributed by atoms with Crippen molar-refractivity contribution in [1.29, 1.82) is 0 Å². The van der Waals surface area contributed by atoms with Crippen LogP contribution in [0.5, 0.6) is 0 Å². The summed E-state index contributed by atoms with van der Waals surface area (Å²) < 4.78 is 1.12. The Kier molecular flexibility index (Phi) is 9.10. The number of hydrogen-bond acceptors (Lipinski definition) is 4. The van der Waals surface area contributed by atoms with Crippen LogP contribution in [0, 0.1) is 27.7 Å². The number of nitrogens with zero attached hydrogens (tertiary/aromatic N) is 4. The van der Waals surface area contributed by atoms with E-state index < -0.39 is 0 Å². The van der Waals surface area contributed by atoms with E-state index in [1.807, 2.05) is 0 Å². The third-order valence-electron chi connectivity index (χ3n) is 9.01. The molecule has 7 rings (SSSR count). The molecule has 0 N–H and O–H groups in total. The van der Waals surface area contributed by atoms with Gasteiger partial charge in [-0.25, -0.2) is 0 Å². The molecule has 1 fully saturated rings. The summed E-state index contributed by atoms with van der Waals surface area (Å²) in [6, 6.07) is 57.4. The average molecular weight is 803 g/mol. The molecule has 1 heterocycles. The molecule has 1 aliphatic rings. The van der Waals surface area contributed by atoms with Crippen LogP contribution in [-0.4, -0.2) is 17.9 Å². The first-order valence-electron chi connectivity index (χ1n) is 16.4. The molecule has 0 amide bonds. The Balaban J connectivity index is 1.56. The average Bonchev–Trinajstić information content (AvgIpc) is 3.40. The van der Waals surface area contributed by atoms with Gasteiger partial charge in [0.2, 0.25) is 0 Å². The molecule has 0 radical (unpaired) electrons. The summed E-state index contributed by atoms with van der Waals surface area (Å²) in [6.07, 6.45) is 0. The fourth-order valence-electron chi connectivity index (χ4n) is 6.49. The first-order valence-corrected chi connectivity index (χ1v) is 17.6. The molecule has 6 aromatic rings. The van der Waals surface area contributed by atoms with Crippen LogP contribution in [0.2, 0.25) is 0 Å². The molecular formula is C41H38B2N4Pt. The molecule has 7 heteroatoms. The fraction of sp³-hybridized carbons (Fsp3) is 0.0976. The molecule has 0 spiro atoms. The summed E-state index contributed by atoms with van der Waals surface area (Å²) in [6.45, 7) is 8.21. The molecule has 48 heavy (non-hydrogen) atoms. The van der Waals surface area contributed by atoms with Crippen LogP contribution in [0.15, 0.2) is 158 Å². The standard InChI is InChI=1S/C41H38B2N4.Pt/c1-32-15-23-38(24-16-32)46(39-25-17-33(2)18-26-39)42-43(47(40-27-19-34(3)20-28-40)41-29-21-35(4)22-30-41)45(37-13-9-6-10-14-37)31-44(42)36-11-7-5-8-12-36;/h5-30H,1-4H3;. The van der Waals surface area contributed by atoms with E-state index in [-0.39, 0.29) is 13.7 Å². The van der Waals surface area contributed by atoms with Gasteiger partial charge in [-0.1, -0.05) is 0 Å². The zero-order chi connectivity index (χ0) is 33.2. The number of anilines is 6. The molecule has 0 aromatic heterocycles. The van der Waals surface area contributed by atoms with Crippen LogP contribution in [0.25, 0.3) is 0 Å². The normalized spacial score (nSPS) is 12.9. The maximum atomic E-state index is 2.55. The van der Waals surface area contributed by atoms with Gasteiger partial charge >= 0.3 is 298 Å². The van der Waals surface area contributed by atoms with Gasteiger partial charge in [-0.15, -0.1) is 0 Å². The Morgan fingerprint density at radius 2 is 0.625 bits per heavy atom. The van der Waals surface area contributed by atoms with Crippen LogP contribution >= 0.6 is 0 Å². The molecule has 4 nitrogen and oxygen atoms in total. The topological polar surface area (TPSA) is 13.0 Å². The molecule has 0 atom stereocenters. The third-order valence-corrected chi connectivity index (χ3v) is 10.1. The number of para-hydroxylation sites is 2. The van der Waals surface area contributed by atoms with E-state index in [9.17, 15) is 0 Å². The van der Waals surface area contributed by atoms with Crippen molar-refractivity contribution in [2.75, 3.05) is 19.2 Å². The van der Waals surface area contributed by atoms with Crippen molar-refractivity contribution in [3.63, 3.8) is 0 Å². The summed E-state index contributed by atoms with van der Waals surface area (Å²) in [7, 11) is 0. The van der Waals surface area contributed by atoms with Gasteiger partial charge in [0.05, 0.1) is 0 Å². The maximum absolute atomic E-state index is 2.55. The SMILES string of the molecule is Cc1ccc(N(B2B(N(c3ccc(C)cc3)c3ccc(C)cc3)N(c3ccccc3)[C](=[Pt])N2c2ccccc2)c2ccc(C)cc2)cc1. The van der Waals surface area contributed by atoms with Crippen molar-refractivity contribution in [3.8, 4) is 0 Å².